The van der Waals surface area contributed by atoms with Gasteiger partial charge in [-0.2, -0.15) is 0 Å². The van der Waals surface area contributed by atoms with Crippen molar-refractivity contribution >= 4 is 5.78 Å². The molecule has 1 aromatic carbocycles. The van der Waals surface area contributed by atoms with Crippen molar-refractivity contribution < 1.29 is 38.3 Å². The van der Waals surface area contributed by atoms with Crippen molar-refractivity contribution in [3.8, 4) is 0 Å². The van der Waals surface area contributed by atoms with Crippen molar-refractivity contribution in [1.82, 2.24) is 0 Å². The molecule has 8 heteroatoms. The fraction of sp³-hybridized carbons (Fsp3) is 0.767. The lowest BCUT2D eigenvalue weighted by molar-refractivity contribution is -0.323. The number of carbonyl (C=O) groups excluding carboxylic acids is 1. The van der Waals surface area contributed by atoms with E-state index in [0.717, 1.165) is 12.0 Å². The Morgan fingerprint density at radius 3 is 2.39 bits per heavy atom. The van der Waals surface area contributed by atoms with Crippen LogP contribution in [0.5, 0.6) is 0 Å². The summed E-state index contributed by atoms with van der Waals surface area (Å²) in [5, 5.41) is 9.36. The monoisotopic (exact) mass is 536 g/mol. The van der Waals surface area contributed by atoms with E-state index in [4.69, 9.17) is 28.4 Å². The van der Waals surface area contributed by atoms with E-state index in [1.54, 1.807) is 6.92 Å². The molecule has 0 saturated carbocycles. The Morgan fingerprint density at radius 2 is 1.71 bits per heavy atom. The van der Waals surface area contributed by atoms with Gasteiger partial charge in [-0.25, -0.2) is 0 Å². The van der Waals surface area contributed by atoms with Crippen molar-refractivity contribution in [2.75, 3.05) is 13.4 Å². The van der Waals surface area contributed by atoms with E-state index in [2.05, 4.69) is 6.92 Å². The van der Waals surface area contributed by atoms with Gasteiger partial charge in [0.2, 0.25) is 0 Å². The molecule has 2 aliphatic heterocycles. The summed E-state index contributed by atoms with van der Waals surface area (Å²) in [5.41, 5.74) is 1.08. The van der Waals surface area contributed by atoms with E-state index in [-0.39, 0.29) is 55.6 Å². The van der Waals surface area contributed by atoms with Crippen LogP contribution < -0.4 is 0 Å². The Kier molecular flexibility index (Phi) is 11.7. The van der Waals surface area contributed by atoms with E-state index >= 15 is 0 Å². The smallest absolute Gasteiger partial charge is 0.163 e. The Bertz CT molecular complexity index is 842. The number of hydrogen-bond donors (Lipinski definition) is 1. The van der Waals surface area contributed by atoms with Crippen LogP contribution in [0, 0.1) is 5.92 Å². The minimum atomic E-state index is -0.796. The normalized spacial score (nSPS) is 28.2. The first-order valence-corrected chi connectivity index (χ1v) is 14.0. The number of Topliss-reactive ketones (excluding diaryl/α,β-unsaturated/α-hetero) is 1. The largest absolute Gasteiger partial charge is 0.396 e. The second kappa shape index (κ2) is 14.3. The van der Waals surface area contributed by atoms with Gasteiger partial charge in [0.05, 0.1) is 37.1 Å². The number of carbonyl (C=O) groups is 1. The summed E-state index contributed by atoms with van der Waals surface area (Å²) < 4.78 is 37.3. The van der Waals surface area contributed by atoms with Gasteiger partial charge >= 0.3 is 0 Å². The molecule has 2 fully saturated rings. The third-order valence-electron chi connectivity index (χ3n) is 7.12. The average molecular weight is 537 g/mol. The molecule has 6 atom stereocenters. The summed E-state index contributed by atoms with van der Waals surface area (Å²) in [6.07, 6.45) is 3.04. The summed E-state index contributed by atoms with van der Waals surface area (Å²) in [7, 11) is 0. The predicted molar refractivity (Wildman–Crippen MR) is 143 cm³/mol. The molecule has 2 aliphatic rings. The maximum atomic E-state index is 11.6. The molecule has 0 bridgehead atoms. The van der Waals surface area contributed by atoms with E-state index in [0.29, 0.717) is 38.7 Å². The summed E-state index contributed by atoms with van der Waals surface area (Å²) in [4.78, 5) is 11.6. The Balaban J connectivity index is 1.71. The highest BCUT2D eigenvalue weighted by Crippen LogP contribution is 2.38. The maximum Gasteiger partial charge on any atom is 0.163 e. The molecular weight excluding hydrogens is 488 g/mol. The first kappa shape index (κ1) is 31.1. The first-order valence-electron chi connectivity index (χ1n) is 14.0. The fourth-order valence-corrected chi connectivity index (χ4v) is 5.54. The summed E-state index contributed by atoms with van der Waals surface area (Å²) in [5.74, 6) is -1.26. The standard InChI is InChI=1S/C30H48O8/c1-21(17-26-25(13-10-16-31)36-30(5,6)37-26)28(34-20-33-19-23-11-8-7-9-12-23)27-18-24(15-14-22(2)32)35-29(3,4)38-27/h7-9,11-12,21,24-28,31H,10,13-20H2,1-6H3/t21-,24-,25-,26-,27-,28+/m0/s1. The third-order valence-corrected chi connectivity index (χ3v) is 7.12. The van der Waals surface area contributed by atoms with Gasteiger partial charge in [-0.05, 0) is 71.8 Å². The molecule has 0 unspecified atom stereocenters. The van der Waals surface area contributed by atoms with Crippen LogP contribution in [0.15, 0.2) is 30.3 Å². The van der Waals surface area contributed by atoms with Crippen LogP contribution in [0.2, 0.25) is 0 Å². The van der Waals surface area contributed by atoms with E-state index < -0.39 is 11.6 Å². The van der Waals surface area contributed by atoms with Gasteiger partial charge in [-0.3, -0.25) is 0 Å². The number of aliphatic hydroxyl groups is 1. The second-order valence-corrected chi connectivity index (χ2v) is 11.6. The quantitative estimate of drug-likeness (QED) is 0.243. The van der Waals surface area contributed by atoms with Gasteiger partial charge in [0.15, 0.2) is 11.6 Å². The predicted octanol–water partition coefficient (Wildman–Crippen LogP) is 5.14. The molecule has 0 amide bonds. The first-order chi connectivity index (χ1) is 18.0. The van der Waals surface area contributed by atoms with Gasteiger partial charge in [0.25, 0.3) is 0 Å². The number of rotatable bonds is 15. The molecule has 0 aromatic heterocycles. The van der Waals surface area contributed by atoms with Crippen molar-refractivity contribution in [3.63, 3.8) is 0 Å². The van der Waals surface area contributed by atoms with E-state index in [1.165, 1.54) is 0 Å². The van der Waals surface area contributed by atoms with E-state index in [1.807, 2.05) is 58.0 Å². The van der Waals surface area contributed by atoms with Gasteiger partial charge < -0.3 is 38.3 Å². The Labute approximate surface area is 228 Å². The number of ketones is 1. The zero-order valence-corrected chi connectivity index (χ0v) is 24.0. The highest BCUT2D eigenvalue weighted by molar-refractivity contribution is 5.75. The number of aliphatic hydroxyl groups excluding tert-OH is 1. The van der Waals surface area contributed by atoms with Crippen LogP contribution in [0.25, 0.3) is 0 Å². The highest BCUT2D eigenvalue weighted by atomic mass is 16.8. The Morgan fingerprint density at radius 1 is 1.03 bits per heavy atom. The molecule has 2 heterocycles. The number of ether oxygens (including phenoxy) is 6. The maximum absolute atomic E-state index is 11.6. The Hall–Kier alpha value is -1.39. The van der Waals surface area contributed by atoms with Crippen LogP contribution in [0.3, 0.4) is 0 Å². The molecule has 0 radical (unpaired) electrons. The molecule has 1 aromatic rings. The lowest BCUT2D eigenvalue weighted by atomic mass is 9.87. The molecule has 8 nitrogen and oxygen atoms in total. The van der Waals surface area contributed by atoms with Crippen LogP contribution in [-0.4, -0.2) is 66.4 Å². The summed E-state index contributed by atoms with van der Waals surface area (Å²) in [6, 6.07) is 10.0. The average Bonchev–Trinajstić information content (AvgIpc) is 3.13. The number of benzene rings is 1. The van der Waals surface area contributed by atoms with Gasteiger partial charge in [0.1, 0.15) is 12.6 Å². The summed E-state index contributed by atoms with van der Waals surface area (Å²) >= 11 is 0. The minimum Gasteiger partial charge on any atom is -0.396 e. The lowest BCUT2D eigenvalue weighted by Crippen LogP contribution is -2.51. The van der Waals surface area contributed by atoms with Crippen LogP contribution >= 0.6 is 0 Å². The van der Waals surface area contributed by atoms with E-state index in [9.17, 15) is 9.90 Å². The molecule has 0 aliphatic carbocycles. The van der Waals surface area contributed by atoms with Crippen molar-refractivity contribution in [1.29, 1.82) is 0 Å². The van der Waals surface area contributed by atoms with Crippen molar-refractivity contribution in [2.45, 2.75) is 129 Å². The summed E-state index contributed by atoms with van der Waals surface area (Å²) in [6.45, 7) is 12.2. The minimum absolute atomic E-state index is 0.0572. The second-order valence-electron chi connectivity index (χ2n) is 11.6. The fourth-order valence-electron chi connectivity index (χ4n) is 5.54. The highest BCUT2D eigenvalue weighted by Gasteiger charge is 2.45. The molecule has 3 rings (SSSR count). The molecule has 2 saturated heterocycles. The van der Waals surface area contributed by atoms with Crippen LogP contribution in [0.4, 0.5) is 0 Å². The third kappa shape index (κ3) is 9.97. The molecular formula is C30H48O8. The SMILES string of the molecule is CC(=O)CC[C@H]1C[C@@H]([C@H](OCOCc2ccccc2)[C@@H](C)C[C@@H]2OC(C)(C)O[C@H]2CCCO)OC(C)(C)O1. The van der Waals surface area contributed by atoms with Crippen molar-refractivity contribution in [3.05, 3.63) is 35.9 Å². The molecule has 1 N–H and O–H groups in total. The molecule has 216 valence electrons. The molecule has 38 heavy (non-hydrogen) atoms. The zero-order chi connectivity index (χ0) is 27.8. The van der Waals surface area contributed by atoms with Crippen LogP contribution in [0.1, 0.15) is 85.6 Å². The van der Waals surface area contributed by atoms with Crippen LogP contribution in [-0.2, 0) is 39.8 Å². The zero-order valence-electron chi connectivity index (χ0n) is 24.0. The van der Waals surface area contributed by atoms with Crippen molar-refractivity contribution in [2.24, 2.45) is 5.92 Å². The number of hydrogen-bond acceptors (Lipinski definition) is 8. The van der Waals surface area contributed by atoms with Gasteiger partial charge in [-0.15, -0.1) is 0 Å². The topological polar surface area (TPSA) is 92.7 Å². The lowest BCUT2D eigenvalue weighted by Gasteiger charge is -2.45. The molecule has 0 spiro atoms. The van der Waals surface area contributed by atoms with Gasteiger partial charge in [-0.1, -0.05) is 37.3 Å². The van der Waals surface area contributed by atoms with Gasteiger partial charge in [0, 0.05) is 19.4 Å².